The van der Waals surface area contributed by atoms with E-state index in [1.54, 1.807) is 13.0 Å². The maximum atomic E-state index is 10.8. The molecule has 0 saturated heterocycles. The first-order valence-electron chi connectivity index (χ1n) is 6.07. The minimum Gasteiger partial charge on any atom is -0.295 e. The molecule has 2 heteroatoms. The van der Waals surface area contributed by atoms with Crippen molar-refractivity contribution in [1.29, 1.82) is 5.26 Å². The van der Waals surface area contributed by atoms with Gasteiger partial charge in [-0.25, -0.2) is 0 Å². The molecule has 0 aromatic heterocycles. The summed E-state index contributed by atoms with van der Waals surface area (Å²) in [6, 6.07) is 17.2. The van der Waals surface area contributed by atoms with Crippen molar-refractivity contribution in [3.63, 3.8) is 0 Å². The van der Waals surface area contributed by atoms with E-state index in [1.165, 1.54) is 0 Å². The number of hydrogen-bond donors (Lipinski definition) is 0. The lowest BCUT2D eigenvalue weighted by molar-refractivity contribution is 0.101. The molecule has 96 valence electrons. The highest BCUT2D eigenvalue weighted by molar-refractivity contribution is 5.94. The number of nitriles is 1. The van der Waals surface area contributed by atoms with Crippen LogP contribution >= 0.6 is 0 Å². The van der Waals surface area contributed by atoms with Crippen LogP contribution in [-0.4, -0.2) is 5.78 Å². The number of benzene rings is 2. The first-order chi connectivity index (χ1) is 9.02. The lowest BCUT2D eigenvalue weighted by Gasteiger charge is -1.94. The topological polar surface area (TPSA) is 40.9 Å². The molecule has 19 heavy (non-hydrogen) atoms. The Balaban J connectivity index is 0.000000191. The van der Waals surface area contributed by atoms with Crippen LogP contribution in [0.15, 0.2) is 48.5 Å². The summed E-state index contributed by atoms with van der Waals surface area (Å²) in [5, 5.41) is 8.41. The zero-order valence-electron chi connectivity index (χ0n) is 11.5. The Hall–Kier alpha value is -2.40. The van der Waals surface area contributed by atoms with Crippen LogP contribution in [0.2, 0.25) is 0 Å². The van der Waals surface area contributed by atoms with Gasteiger partial charge in [0.2, 0.25) is 0 Å². The Morgan fingerprint density at radius 1 is 1.00 bits per heavy atom. The first kappa shape index (κ1) is 14.7. The highest BCUT2D eigenvalue weighted by atomic mass is 16.1. The molecular weight excluding hydrogens is 234 g/mol. The van der Waals surface area contributed by atoms with E-state index < -0.39 is 0 Å². The van der Waals surface area contributed by atoms with Gasteiger partial charge in [-0.05, 0) is 44.5 Å². The van der Waals surface area contributed by atoms with Gasteiger partial charge in [-0.3, -0.25) is 4.79 Å². The number of carbonyl (C=O) groups excluding carboxylic acids is 1. The molecule has 0 saturated carbocycles. The van der Waals surface area contributed by atoms with Crippen molar-refractivity contribution in [3.8, 4) is 6.07 Å². The molecule has 2 nitrogen and oxygen atoms in total. The molecule has 0 aliphatic heterocycles. The molecule has 0 radical (unpaired) electrons. The van der Waals surface area contributed by atoms with Crippen molar-refractivity contribution in [2.75, 3.05) is 0 Å². The molecule has 0 aliphatic carbocycles. The highest BCUT2D eigenvalue weighted by Gasteiger charge is 1.95. The predicted molar refractivity (Wildman–Crippen MR) is 77.1 cm³/mol. The number of aryl methyl sites for hydroxylation is 2. The summed E-state index contributed by atoms with van der Waals surface area (Å²) in [6.45, 7) is 5.53. The van der Waals surface area contributed by atoms with Crippen LogP contribution in [0.5, 0.6) is 0 Å². The van der Waals surface area contributed by atoms with Crippen LogP contribution in [0.4, 0.5) is 0 Å². The van der Waals surface area contributed by atoms with Crippen molar-refractivity contribution in [3.05, 3.63) is 70.8 Å². The fourth-order valence-corrected chi connectivity index (χ4v) is 1.58. The predicted octanol–water partition coefficient (Wildman–Crippen LogP) is 4.06. The van der Waals surface area contributed by atoms with Gasteiger partial charge in [-0.1, -0.05) is 35.9 Å². The summed E-state index contributed by atoms with van der Waals surface area (Å²) in [5.41, 5.74) is 3.79. The zero-order chi connectivity index (χ0) is 14.3. The van der Waals surface area contributed by atoms with Gasteiger partial charge in [0.1, 0.15) is 0 Å². The van der Waals surface area contributed by atoms with Gasteiger partial charge in [0.15, 0.2) is 5.78 Å². The molecular formula is C17H17NO. The number of Topliss-reactive ketones (excluding diaryl/α,β-unsaturated/α-hetero) is 1. The molecule has 0 bridgehead atoms. The second kappa shape index (κ2) is 7.13. The number of ketones is 1. The third kappa shape index (κ3) is 5.18. The molecule has 0 amide bonds. The van der Waals surface area contributed by atoms with E-state index in [9.17, 15) is 4.79 Å². The standard InChI is InChI=1S/C9H10O.C8H7N/c1-7-4-3-5-9(6-7)8(2)10;1-7-3-2-4-8(5-7)6-9/h3-6H,1-2H3;2-5H,1H3. The minimum atomic E-state index is 0.128. The van der Waals surface area contributed by atoms with E-state index in [4.69, 9.17) is 5.26 Å². The quantitative estimate of drug-likeness (QED) is 0.717. The average Bonchev–Trinajstić information content (AvgIpc) is 2.39. The fraction of sp³-hybridized carbons (Fsp3) is 0.176. The molecule has 2 rings (SSSR count). The Morgan fingerprint density at radius 2 is 1.58 bits per heavy atom. The molecule has 0 N–H and O–H groups in total. The SMILES string of the molecule is CC(=O)c1cccc(C)c1.Cc1cccc(C#N)c1. The number of hydrogen-bond acceptors (Lipinski definition) is 2. The fourth-order valence-electron chi connectivity index (χ4n) is 1.58. The lowest BCUT2D eigenvalue weighted by atomic mass is 10.1. The van der Waals surface area contributed by atoms with Crippen molar-refractivity contribution in [2.45, 2.75) is 20.8 Å². The van der Waals surface area contributed by atoms with Crippen LogP contribution in [-0.2, 0) is 0 Å². The third-order valence-corrected chi connectivity index (χ3v) is 2.57. The Kier molecular flexibility index (Phi) is 5.50. The normalized spacial score (nSPS) is 8.95. The summed E-state index contributed by atoms with van der Waals surface area (Å²) >= 11 is 0. The second-order valence-electron chi connectivity index (χ2n) is 4.41. The maximum absolute atomic E-state index is 10.8. The molecule has 0 atom stereocenters. The van der Waals surface area contributed by atoms with Gasteiger partial charge >= 0.3 is 0 Å². The van der Waals surface area contributed by atoms with E-state index in [0.717, 1.165) is 22.3 Å². The second-order valence-corrected chi connectivity index (χ2v) is 4.41. The van der Waals surface area contributed by atoms with E-state index in [1.807, 2.05) is 56.3 Å². The zero-order valence-corrected chi connectivity index (χ0v) is 11.5. The summed E-state index contributed by atoms with van der Waals surface area (Å²) in [6.07, 6.45) is 0. The molecule has 0 spiro atoms. The van der Waals surface area contributed by atoms with Gasteiger partial charge in [-0.15, -0.1) is 0 Å². The van der Waals surface area contributed by atoms with E-state index in [-0.39, 0.29) is 5.78 Å². The summed E-state index contributed by atoms with van der Waals surface area (Å²) in [5.74, 6) is 0.128. The number of carbonyl (C=O) groups is 1. The van der Waals surface area contributed by atoms with Gasteiger partial charge in [0, 0.05) is 5.56 Å². The molecule has 0 heterocycles. The first-order valence-corrected chi connectivity index (χ1v) is 6.07. The summed E-state index contributed by atoms with van der Waals surface area (Å²) in [4.78, 5) is 10.8. The van der Waals surface area contributed by atoms with E-state index in [2.05, 4.69) is 6.07 Å². The Labute approximate surface area is 114 Å². The van der Waals surface area contributed by atoms with Crippen LogP contribution in [0.1, 0.15) is 34.0 Å². The third-order valence-electron chi connectivity index (χ3n) is 2.57. The van der Waals surface area contributed by atoms with Crippen molar-refractivity contribution in [2.24, 2.45) is 0 Å². The van der Waals surface area contributed by atoms with Crippen LogP contribution in [0.25, 0.3) is 0 Å². The van der Waals surface area contributed by atoms with E-state index in [0.29, 0.717) is 0 Å². The van der Waals surface area contributed by atoms with Gasteiger partial charge < -0.3 is 0 Å². The maximum Gasteiger partial charge on any atom is 0.159 e. The number of nitrogens with zero attached hydrogens (tertiary/aromatic N) is 1. The number of rotatable bonds is 1. The van der Waals surface area contributed by atoms with Crippen molar-refractivity contribution in [1.82, 2.24) is 0 Å². The van der Waals surface area contributed by atoms with Gasteiger partial charge in [0.05, 0.1) is 11.6 Å². The van der Waals surface area contributed by atoms with Crippen LogP contribution < -0.4 is 0 Å². The monoisotopic (exact) mass is 251 g/mol. The Bertz CT molecular complexity index is 609. The van der Waals surface area contributed by atoms with Crippen LogP contribution in [0, 0.1) is 25.2 Å². The van der Waals surface area contributed by atoms with Crippen molar-refractivity contribution >= 4 is 5.78 Å². The molecule has 2 aromatic rings. The summed E-state index contributed by atoms with van der Waals surface area (Å²) in [7, 11) is 0. The van der Waals surface area contributed by atoms with Crippen LogP contribution in [0.3, 0.4) is 0 Å². The molecule has 0 aliphatic rings. The largest absolute Gasteiger partial charge is 0.295 e. The summed E-state index contributed by atoms with van der Waals surface area (Å²) < 4.78 is 0. The highest BCUT2D eigenvalue weighted by Crippen LogP contribution is 2.03. The van der Waals surface area contributed by atoms with Gasteiger partial charge in [-0.2, -0.15) is 5.26 Å². The smallest absolute Gasteiger partial charge is 0.159 e. The Morgan fingerprint density at radius 3 is 1.95 bits per heavy atom. The molecule has 0 fully saturated rings. The van der Waals surface area contributed by atoms with Crippen molar-refractivity contribution < 1.29 is 4.79 Å². The van der Waals surface area contributed by atoms with E-state index >= 15 is 0 Å². The lowest BCUT2D eigenvalue weighted by Crippen LogP contribution is -1.90. The molecule has 2 aromatic carbocycles. The molecule has 0 unspecified atom stereocenters. The minimum absolute atomic E-state index is 0.128. The van der Waals surface area contributed by atoms with Gasteiger partial charge in [0.25, 0.3) is 0 Å². The average molecular weight is 251 g/mol.